The summed E-state index contributed by atoms with van der Waals surface area (Å²) in [5, 5.41) is 0. The fourth-order valence-corrected chi connectivity index (χ4v) is 3.42. The molecule has 27 heavy (non-hydrogen) atoms. The standard InChI is InChI=1S/C23H46O4/c1-20(2,3)24-15-16-13-14-17(25-21(4,5)6)19(27-23(10,11)12)18(16)26-22(7,8)9/h16-19H,13-15H2,1-12H3. The molecule has 0 aromatic carbocycles. The molecule has 0 heterocycles. The maximum Gasteiger partial charge on any atom is 0.111 e. The summed E-state index contributed by atoms with van der Waals surface area (Å²) >= 11 is 0. The Morgan fingerprint density at radius 3 is 1.41 bits per heavy atom. The Labute approximate surface area is 168 Å². The zero-order valence-electron chi connectivity index (χ0n) is 20.1. The molecular formula is C23H46O4. The van der Waals surface area contributed by atoms with E-state index in [0.29, 0.717) is 6.61 Å². The molecule has 0 amide bonds. The summed E-state index contributed by atoms with van der Waals surface area (Å²) in [6.45, 7) is 25.9. The second-order valence-corrected chi connectivity index (χ2v) is 11.9. The SMILES string of the molecule is CC(C)(C)OCC1CCC(OC(C)(C)C)C(OC(C)(C)C)C1OC(C)(C)C. The van der Waals surface area contributed by atoms with Crippen LogP contribution in [-0.4, -0.2) is 47.3 Å². The number of hydrogen-bond acceptors (Lipinski definition) is 4. The summed E-state index contributed by atoms with van der Waals surface area (Å²) in [5.74, 6) is 0.288. The van der Waals surface area contributed by atoms with Crippen LogP contribution in [0, 0.1) is 5.92 Å². The molecule has 1 aliphatic carbocycles. The van der Waals surface area contributed by atoms with Gasteiger partial charge in [0.15, 0.2) is 0 Å². The average Bonchev–Trinajstić information content (AvgIpc) is 2.36. The lowest BCUT2D eigenvalue weighted by molar-refractivity contribution is -0.251. The molecule has 0 N–H and O–H groups in total. The summed E-state index contributed by atoms with van der Waals surface area (Å²) in [5.41, 5.74) is -0.902. The normalized spacial score (nSPS) is 28.4. The molecular weight excluding hydrogens is 340 g/mol. The van der Waals surface area contributed by atoms with Crippen molar-refractivity contribution in [3.63, 3.8) is 0 Å². The number of ether oxygens (including phenoxy) is 4. The van der Waals surface area contributed by atoms with E-state index in [-0.39, 0.29) is 46.6 Å². The van der Waals surface area contributed by atoms with Gasteiger partial charge in [-0.25, -0.2) is 0 Å². The quantitative estimate of drug-likeness (QED) is 0.602. The van der Waals surface area contributed by atoms with E-state index < -0.39 is 0 Å². The molecule has 4 unspecified atom stereocenters. The van der Waals surface area contributed by atoms with E-state index in [2.05, 4.69) is 83.1 Å². The first-order chi connectivity index (χ1) is 11.9. The van der Waals surface area contributed by atoms with Crippen LogP contribution in [0.15, 0.2) is 0 Å². The Bertz CT molecular complexity index is 445. The highest BCUT2D eigenvalue weighted by molar-refractivity contribution is 4.94. The van der Waals surface area contributed by atoms with E-state index in [0.717, 1.165) is 12.8 Å². The van der Waals surface area contributed by atoms with Gasteiger partial charge in [-0.1, -0.05) is 0 Å². The monoisotopic (exact) mass is 386 g/mol. The third kappa shape index (κ3) is 10.3. The van der Waals surface area contributed by atoms with E-state index in [1.807, 2.05) is 0 Å². The van der Waals surface area contributed by atoms with Gasteiger partial charge in [0.25, 0.3) is 0 Å². The van der Waals surface area contributed by atoms with Crippen LogP contribution in [0.5, 0.6) is 0 Å². The van der Waals surface area contributed by atoms with Crippen LogP contribution in [0.1, 0.15) is 95.9 Å². The molecule has 0 spiro atoms. The number of hydrogen-bond donors (Lipinski definition) is 0. The van der Waals surface area contributed by atoms with Gasteiger partial charge in [0, 0.05) is 5.92 Å². The van der Waals surface area contributed by atoms with Crippen LogP contribution >= 0.6 is 0 Å². The van der Waals surface area contributed by atoms with Crippen LogP contribution in [0.3, 0.4) is 0 Å². The van der Waals surface area contributed by atoms with Crippen molar-refractivity contribution in [3.8, 4) is 0 Å². The molecule has 4 nitrogen and oxygen atoms in total. The molecule has 4 heteroatoms. The lowest BCUT2D eigenvalue weighted by Crippen LogP contribution is -2.56. The van der Waals surface area contributed by atoms with Crippen molar-refractivity contribution in [1.82, 2.24) is 0 Å². The van der Waals surface area contributed by atoms with Gasteiger partial charge in [-0.3, -0.25) is 0 Å². The Kier molecular flexibility index (Phi) is 8.00. The van der Waals surface area contributed by atoms with Crippen molar-refractivity contribution >= 4 is 0 Å². The molecule has 1 aliphatic rings. The number of rotatable bonds is 5. The van der Waals surface area contributed by atoms with Gasteiger partial charge in [-0.05, 0) is 95.9 Å². The Balaban J connectivity index is 3.14. The third-order valence-corrected chi connectivity index (χ3v) is 4.19. The summed E-state index contributed by atoms with van der Waals surface area (Å²) in [6.07, 6.45) is 1.81. The van der Waals surface area contributed by atoms with Gasteiger partial charge < -0.3 is 18.9 Å². The largest absolute Gasteiger partial charge is 0.375 e. The van der Waals surface area contributed by atoms with Crippen molar-refractivity contribution in [2.45, 2.75) is 137 Å². The molecule has 0 radical (unpaired) electrons. The minimum atomic E-state index is -0.267. The van der Waals surface area contributed by atoms with Gasteiger partial charge in [0.1, 0.15) is 6.10 Å². The van der Waals surface area contributed by atoms with Crippen LogP contribution in [0.2, 0.25) is 0 Å². The smallest absolute Gasteiger partial charge is 0.111 e. The van der Waals surface area contributed by atoms with E-state index in [4.69, 9.17) is 18.9 Å². The molecule has 4 atom stereocenters. The first-order valence-electron chi connectivity index (χ1n) is 10.5. The van der Waals surface area contributed by atoms with Crippen molar-refractivity contribution in [1.29, 1.82) is 0 Å². The van der Waals surface area contributed by atoms with E-state index in [1.165, 1.54) is 0 Å². The van der Waals surface area contributed by atoms with Crippen LogP contribution in [0.25, 0.3) is 0 Å². The predicted molar refractivity (Wildman–Crippen MR) is 112 cm³/mol. The van der Waals surface area contributed by atoms with E-state index >= 15 is 0 Å². The average molecular weight is 387 g/mol. The van der Waals surface area contributed by atoms with Gasteiger partial charge >= 0.3 is 0 Å². The van der Waals surface area contributed by atoms with Gasteiger partial charge in [0.2, 0.25) is 0 Å². The maximum absolute atomic E-state index is 6.57. The molecule has 0 saturated heterocycles. The third-order valence-electron chi connectivity index (χ3n) is 4.19. The topological polar surface area (TPSA) is 36.9 Å². The highest BCUT2D eigenvalue weighted by Gasteiger charge is 2.46. The Morgan fingerprint density at radius 2 is 1.00 bits per heavy atom. The predicted octanol–water partition coefficient (Wildman–Crippen LogP) is 5.76. The summed E-state index contributed by atoms with van der Waals surface area (Å²) in [7, 11) is 0. The lowest BCUT2D eigenvalue weighted by atomic mass is 9.81. The zero-order valence-corrected chi connectivity index (χ0v) is 20.1. The first kappa shape index (κ1) is 24.9. The summed E-state index contributed by atoms with van der Waals surface area (Å²) in [4.78, 5) is 0. The highest BCUT2D eigenvalue weighted by atomic mass is 16.6. The van der Waals surface area contributed by atoms with E-state index in [1.54, 1.807) is 0 Å². The molecule has 0 bridgehead atoms. The van der Waals surface area contributed by atoms with Crippen LogP contribution in [0.4, 0.5) is 0 Å². The molecule has 1 fully saturated rings. The van der Waals surface area contributed by atoms with Crippen molar-refractivity contribution in [3.05, 3.63) is 0 Å². The molecule has 0 aromatic heterocycles. The molecule has 162 valence electrons. The van der Waals surface area contributed by atoms with Crippen molar-refractivity contribution in [2.75, 3.05) is 6.61 Å². The summed E-state index contributed by atoms with van der Waals surface area (Å²) in [6, 6.07) is 0. The van der Waals surface area contributed by atoms with Crippen LogP contribution in [-0.2, 0) is 18.9 Å². The molecule has 1 rings (SSSR count). The van der Waals surface area contributed by atoms with Gasteiger partial charge in [-0.2, -0.15) is 0 Å². The second-order valence-electron chi connectivity index (χ2n) is 11.9. The highest BCUT2D eigenvalue weighted by Crippen LogP contribution is 2.37. The lowest BCUT2D eigenvalue weighted by Gasteiger charge is -2.48. The van der Waals surface area contributed by atoms with Gasteiger partial charge in [0.05, 0.1) is 41.2 Å². The first-order valence-corrected chi connectivity index (χ1v) is 10.5. The Morgan fingerprint density at radius 1 is 0.556 bits per heavy atom. The van der Waals surface area contributed by atoms with Gasteiger partial charge in [-0.15, -0.1) is 0 Å². The zero-order chi connectivity index (χ0) is 21.3. The fraction of sp³-hybridized carbons (Fsp3) is 1.00. The van der Waals surface area contributed by atoms with Crippen LogP contribution < -0.4 is 0 Å². The molecule has 1 saturated carbocycles. The minimum absolute atomic E-state index is 0.0162. The second kappa shape index (κ2) is 8.69. The van der Waals surface area contributed by atoms with Crippen molar-refractivity contribution in [2.24, 2.45) is 5.92 Å². The maximum atomic E-state index is 6.57. The van der Waals surface area contributed by atoms with E-state index in [9.17, 15) is 0 Å². The Hall–Kier alpha value is -0.160. The fourth-order valence-electron chi connectivity index (χ4n) is 3.42. The minimum Gasteiger partial charge on any atom is -0.375 e. The summed E-state index contributed by atoms with van der Waals surface area (Å²) < 4.78 is 25.7. The van der Waals surface area contributed by atoms with Crippen molar-refractivity contribution < 1.29 is 18.9 Å². The molecule has 0 aliphatic heterocycles. The molecule has 0 aromatic rings.